The van der Waals surface area contributed by atoms with Crippen molar-refractivity contribution in [1.82, 2.24) is 14.6 Å². The molecule has 0 atom stereocenters. The van der Waals surface area contributed by atoms with E-state index in [2.05, 4.69) is 5.10 Å². The minimum atomic E-state index is -0.492. The molecule has 0 aliphatic heterocycles. The molecule has 0 aliphatic carbocycles. The molecule has 0 aliphatic rings. The number of aromatic nitrogens is 3. The number of pyridine rings is 1. The van der Waals surface area contributed by atoms with Crippen LogP contribution >= 0.6 is 11.3 Å². The quantitative estimate of drug-likeness (QED) is 0.398. The maximum absolute atomic E-state index is 12.2. The van der Waals surface area contributed by atoms with Crippen molar-refractivity contribution in [3.63, 3.8) is 0 Å². The Bertz CT molecular complexity index is 1410. The molecule has 6 nitrogen and oxygen atoms in total. The first-order valence-electron chi connectivity index (χ1n) is 10.1. The van der Waals surface area contributed by atoms with E-state index in [1.807, 2.05) is 85.9 Å². The number of ether oxygens (including phenoxy) is 1. The molecule has 2 aromatic carbocycles. The maximum Gasteiger partial charge on any atom is 0.261 e. The third-order valence-electron chi connectivity index (χ3n) is 5.14. The molecule has 0 fully saturated rings. The molecule has 3 aromatic heterocycles. The topological polar surface area (TPSA) is 82.5 Å². The third kappa shape index (κ3) is 3.74. The molecule has 0 saturated heterocycles. The van der Waals surface area contributed by atoms with Crippen LogP contribution in [0.1, 0.15) is 20.9 Å². The van der Waals surface area contributed by atoms with Crippen molar-refractivity contribution in [3.8, 4) is 27.6 Å². The number of benzene rings is 2. The number of nitrogens with two attached hydrogens (primary N) is 1. The Balaban J connectivity index is 1.56. The van der Waals surface area contributed by atoms with Crippen LogP contribution < -0.4 is 10.5 Å². The monoisotopic (exact) mass is 440 g/mol. The normalized spacial score (nSPS) is 11.0. The second-order valence-electron chi connectivity index (χ2n) is 7.35. The highest BCUT2D eigenvalue weighted by atomic mass is 32.1. The summed E-state index contributed by atoms with van der Waals surface area (Å²) >= 11 is 1.29. The van der Waals surface area contributed by atoms with Crippen LogP contribution in [0.25, 0.3) is 27.3 Å². The van der Waals surface area contributed by atoms with Gasteiger partial charge in [0.2, 0.25) is 0 Å². The number of carbonyl (C=O) groups is 1. The van der Waals surface area contributed by atoms with Gasteiger partial charge in [-0.1, -0.05) is 60.7 Å². The molecule has 32 heavy (non-hydrogen) atoms. The van der Waals surface area contributed by atoms with Crippen molar-refractivity contribution in [1.29, 1.82) is 0 Å². The van der Waals surface area contributed by atoms with E-state index in [0.29, 0.717) is 22.2 Å². The van der Waals surface area contributed by atoms with Gasteiger partial charge >= 0.3 is 0 Å². The van der Waals surface area contributed by atoms with E-state index in [1.54, 1.807) is 4.52 Å². The lowest BCUT2D eigenvalue weighted by atomic mass is 10.1. The van der Waals surface area contributed by atoms with E-state index >= 15 is 0 Å². The van der Waals surface area contributed by atoms with Gasteiger partial charge in [-0.3, -0.25) is 4.79 Å². The smallest absolute Gasteiger partial charge is 0.261 e. The fourth-order valence-corrected chi connectivity index (χ4v) is 4.67. The number of primary amides is 1. The first kappa shape index (κ1) is 20.0. The Labute approximate surface area is 188 Å². The largest absolute Gasteiger partial charge is 0.489 e. The first-order valence-corrected chi connectivity index (χ1v) is 10.9. The standard InChI is InChI=1S/C25H20N4O2S/c1-16-21(25-27-22(23(32-25)24(26)30)18-10-6-3-7-11-18)20-14-19(12-13-29(20)28-16)31-15-17-8-4-2-5-9-17/h2-14H,15H2,1H3,(H2,26,30). The summed E-state index contributed by atoms with van der Waals surface area (Å²) in [4.78, 5) is 17.4. The molecule has 0 bridgehead atoms. The Hall–Kier alpha value is -3.97. The predicted molar refractivity (Wildman–Crippen MR) is 126 cm³/mol. The molecule has 158 valence electrons. The molecule has 0 spiro atoms. The summed E-state index contributed by atoms with van der Waals surface area (Å²) in [6.45, 7) is 2.40. The highest BCUT2D eigenvalue weighted by molar-refractivity contribution is 7.17. The number of nitrogens with zero attached hydrogens (tertiary/aromatic N) is 3. The fourth-order valence-electron chi connectivity index (χ4n) is 3.62. The lowest BCUT2D eigenvalue weighted by molar-refractivity contribution is 0.100. The Morgan fingerprint density at radius 3 is 2.50 bits per heavy atom. The highest BCUT2D eigenvalue weighted by Gasteiger charge is 2.22. The number of rotatable bonds is 6. The van der Waals surface area contributed by atoms with Gasteiger partial charge in [-0.25, -0.2) is 9.50 Å². The van der Waals surface area contributed by atoms with Gasteiger partial charge in [-0.05, 0) is 18.6 Å². The molecule has 5 rings (SSSR count). The van der Waals surface area contributed by atoms with Crippen LogP contribution in [0.2, 0.25) is 0 Å². The SMILES string of the molecule is Cc1nn2ccc(OCc3ccccc3)cc2c1-c1nc(-c2ccccc2)c(C(N)=O)s1. The zero-order chi connectivity index (χ0) is 22.1. The summed E-state index contributed by atoms with van der Waals surface area (Å²) in [6.07, 6.45) is 1.87. The summed E-state index contributed by atoms with van der Waals surface area (Å²) in [5.41, 5.74) is 10.8. The molecule has 2 N–H and O–H groups in total. The molecule has 0 unspecified atom stereocenters. The maximum atomic E-state index is 12.2. The average molecular weight is 441 g/mol. The predicted octanol–water partition coefficient (Wildman–Crippen LogP) is 5.11. The second-order valence-corrected chi connectivity index (χ2v) is 8.35. The number of aryl methyl sites for hydroxylation is 1. The molecular weight excluding hydrogens is 420 g/mol. The Morgan fingerprint density at radius 1 is 1.06 bits per heavy atom. The van der Waals surface area contributed by atoms with Crippen molar-refractivity contribution in [2.75, 3.05) is 0 Å². The van der Waals surface area contributed by atoms with E-state index in [4.69, 9.17) is 15.5 Å². The van der Waals surface area contributed by atoms with E-state index < -0.39 is 5.91 Å². The van der Waals surface area contributed by atoms with Crippen molar-refractivity contribution in [2.24, 2.45) is 5.73 Å². The van der Waals surface area contributed by atoms with Gasteiger partial charge < -0.3 is 10.5 Å². The number of hydrogen-bond acceptors (Lipinski definition) is 5. The van der Waals surface area contributed by atoms with E-state index in [0.717, 1.165) is 33.7 Å². The first-order chi connectivity index (χ1) is 15.6. The van der Waals surface area contributed by atoms with Crippen molar-refractivity contribution >= 4 is 22.8 Å². The van der Waals surface area contributed by atoms with Crippen LogP contribution in [-0.2, 0) is 6.61 Å². The van der Waals surface area contributed by atoms with Crippen molar-refractivity contribution in [2.45, 2.75) is 13.5 Å². The number of fused-ring (bicyclic) bond motifs is 1. The van der Waals surface area contributed by atoms with Gasteiger partial charge in [0.05, 0.1) is 22.5 Å². The highest BCUT2D eigenvalue weighted by Crippen LogP contribution is 2.37. The van der Waals surface area contributed by atoms with Gasteiger partial charge in [0, 0.05) is 17.8 Å². The minimum Gasteiger partial charge on any atom is -0.489 e. The van der Waals surface area contributed by atoms with Crippen molar-refractivity contribution < 1.29 is 9.53 Å². The number of amides is 1. The van der Waals surface area contributed by atoms with Crippen LogP contribution in [0, 0.1) is 6.92 Å². The van der Waals surface area contributed by atoms with Gasteiger partial charge in [0.25, 0.3) is 5.91 Å². The van der Waals surface area contributed by atoms with Gasteiger partial charge in [-0.15, -0.1) is 11.3 Å². The Morgan fingerprint density at radius 2 is 1.78 bits per heavy atom. The fraction of sp³-hybridized carbons (Fsp3) is 0.0800. The molecule has 3 heterocycles. The lowest BCUT2D eigenvalue weighted by Gasteiger charge is -2.07. The molecule has 0 radical (unpaired) electrons. The summed E-state index contributed by atoms with van der Waals surface area (Å²) in [5, 5.41) is 5.32. The summed E-state index contributed by atoms with van der Waals surface area (Å²) in [5.74, 6) is 0.242. The lowest BCUT2D eigenvalue weighted by Crippen LogP contribution is -2.10. The van der Waals surface area contributed by atoms with Crippen LogP contribution in [0.5, 0.6) is 5.75 Å². The van der Waals surface area contributed by atoms with E-state index in [9.17, 15) is 4.79 Å². The molecular formula is C25H20N4O2S. The minimum absolute atomic E-state index is 0.432. The van der Waals surface area contributed by atoms with Gasteiger partial charge in [0.15, 0.2) is 0 Å². The number of carbonyl (C=O) groups excluding carboxylic acids is 1. The molecule has 7 heteroatoms. The van der Waals surface area contributed by atoms with Gasteiger partial charge in [-0.2, -0.15) is 5.10 Å². The Kier molecular flexibility index (Phi) is 5.17. The van der Waals surface area contributed by atoms with E-state index in [-0.39, 0.29) is 0 Å². The van der Waals surface area contributed by atoms with Crippen LogP contribution in [0.15, 0.2) is 79.0 Å². The molecule has 1 amide bonds. The number of thiazole rings is 1. The second kappa shape index (κ2) is 8.28. The van der Waals surface area contributed by atoms with Crippen molar-refractivity contribution in [3.05, 3.63) is 95.1 Å². The summed E-state index contributed by atoms with van der Waals surface area (Å²) in [7, 11) is 0. The van der Waals surface area contributed by atoms with Crippen LogP contribution in [-0.4, -0.2) is 20.5 Å². The van der Waals surface area contributed by atoms with Crippen LogP contribution in [0.3, 0.4) is 0 Å². The average Bonchev–Trinajstić information content (AvgIpc) is 3.39. The summed E-state index contributed by atoms with van der Waals surface area (Å²) < 4.78 is 7.80. The van der Waals surface area contributed by atoms with E-state index in [1.165, 1.54) is 11.3 Å². The third-order valence-corrected chi connectivity index (χ3v) is 6.23. The zero-order valence-electron chi connectivity index (χ0n) is 17.4. The van der Waals surface area contributed by atoms with Crippen LogP contribution in [0.4, 0.5) is 0 Å². The number of hydrogen-bond donors (Lipinski definition) is 1. The molecule has 0 saturated carbocycles. The van der Waals surface area contributed by atoms with Gasteiger partial charge in [0.1, 0.15) is 22.2 Å². The zero-order valence-corrected chi connectivity index (χ0v) is 18.2. The summed E-state index contributed by atoms with van der Waals surface area (Å²) in [6, 6.07) is 23.4. The molecule has 5 aromatic rings.